The molecular weight excluding hydrogens is 444 g/mol. The Morgan fingerprint density at radius 3 is 2.41 bits per heavy atom. The third-order valence-corrected chi connectivity index (χ3v) is 9.09. The highest BCUT2D eigenvalue weighted by atomic mass is 32.2. The van der Waals surface area contributed by atoms with Crippen molar-refractivity contribution < 1.29 is 13.2 Å². The minimum absolute atomic E-state index is 0.0602. The lowest BCUT2D eigenvalue weighted by Gasteiger charge is -2.31. The van der Waals surface area contributed by atoms with E-state index in [1.807, 2.05) is 39.8 Å². The van der Waals surface area contributed by atoms with Crippen LogP contribution in [0.5, 0.6) is 0 Å². The van der Waals surface area contributed by atoms with Crippen molar-refractivity contribution in [2.75, 3.05) is 13.1 Å². The van der Waals surface area contributed by atoms with Crippen LogP contribution in [0, 0.1) is 20.8 Å². The summed E-state index contributed by atoms with van der Waals surface area (Å²) in [5, 5.41) is 4.06. The van der Waals surface area contributed by atoms with E-state index >= 15 is 0 Å². The Morgan fingerprint density at radius 1 is 1.12 bits per heavy atom. The van der Waals surface area contributed by atoms with Crippen LogP contribution in [0.15, 0.2) is 29.2 Å². The van der Waals surface area contributed by atoms with E-state index in [-0.39, 0.29) is 11.9 Å². The quantitative estimate of drug-likeness (QED) is 0.610. The van der Waals surface area contributed by atoms with Gasteiger partial charge in [-0.05, 0) is 51.3 Å². The zero-order valence-corrected chi connectivity index (χ0v) is 20.4. The summed E-state index contributed by atoms with van der Waals surface area (Å²) in [7, 11) is -3.51. The molecule has 9 heteroatoms. The highest BCUT2D eigenvalue weighted by molar-refractivity contribution is 7.89. The number of hydrogen-bond acceptors (Lipinski definition) is 6. The fourth-order valence-electron chi connectivity index (χ4n) is 4.12. The molecule has 1 aliphatic heterocycles. The van der Waals surface area contributed by atoms with Crippen LogP contribution in [0.2, 0.25) is 0 Å². The predicted molar refractivity (Wildman–Crippen MR) is 127 cm³/mol. The fourth-order valence-corrected chi connectivity index (χ4v) is 6.74. The van der Waals surface area contributed by atoms with Gasteiger partial charge in [0.1, 0.15) is 10.7 Å². The summed E-state index contributed by atoms with van der Waals surface area (Å²) in [6.45, 7) is 8.61. The molecule has 170 valence electrons. The lowest BCUT2D eigenvalue weighted by atomic mass is 10.1. The van der Waals surface area contributed by atoms with Crippen molar-refractivity contribution in [1.29, 1.82) is 0 Å². The van der Waals surface area contributed by atoms with Gasteiger partial charge in [0, 0.05) is 36.6 Å². The highest BCUT2D eigenvalue weighted by Crippen LogP contribution is 2.31. The third-order valence-electron chi connectivity index (χ3n) is 5.99. The minimum atomic E-state index is -3.51. The summed E-state index contributed by atoms with van der Waals surface area (Å²) in [4.78, 5) is 24.0. The molecule has 0 bridgehead atoms. The van der Waals surface area contributed by atoms with Crippen LogP contribution in [0.25, 0.3) is 10.2 Å². The summed E-state index contributed by atoms with van der Waals surface area (Å²) in [6, 6.07) is 6.86. The standard InChI is InChI=1S/C23H28N4O3S2/c1-5-19-24-16(4)20-15(3)21(31-23(20)26-19)22(28)25-17-10-12-27(13-11-17)32(29,30)18-8-6-14(2)7-9-18/h6-9,17H,5,10-13H2,1-4H3,(H,25,28). The zero-order valence-electron chi connectivity index (χ0n) is 18.8. The molecule has 1 fully saturated rings. The number of carbonyl (C=O) groups excluding carboxylic acids is 1. The Balaban J connectivity index is 1.44. The average molecular weight is 473 g/mol. The molecule has 2 aromatic heterocycles. The Bertz CT molecular complexity index is 1260. The number of hydrogen-bond donors (Lipinski definition) is 1. The summed E-state index contributed by atoms with van der Waals surface area (Å²) in [6.07, 6.45) is 1.92. The van der Waals surface area contributed by atoms with Gasteiger partial charge in [-0.15, -0.1) is 11.3 Å². The molecule has 1 saturated heterocycles. The molecule has 1 amide bonds. The fraction of sp³-hybridized carbons (Fsp3) is 0.435. The van der Waals surface area contributed by atoms with Gasteiger partial charge < -0.3 is 5.32 Å². The van der Waals surface area contributed by atoms with Gasteiger partial charge in [0.2, 0.25) is 10.0 Å². The van der Waals surface area contributed by atoms with Crippen molar-refractivity contribution in [3.8, 4) is 0 Å². The van der Waals surface area contributed by atoms with E-state index in [2.05, 4.69) is 15.3 Å². The van der Waals surface area contributed by atoms with Gasteiger partial charge in [-0.2, -0.15) is 4.31 Å². The first kappa shape index (κ1) is 22.8. The molecule has 1 aromatic carbocycles. The van der Waals surface area contributed by atoms with Gasteiger partial charge in [-0.3, -0.25) is 4.79 Å². The van der Waals surface area contributed by atoms with Crippen molar-refractivity contribution in [2.24, 2.45) is 0 Å². The Morgan fingerprint density at radius 2 is 1.78 bits per heavy atom. The first-order valence-corrected chi connectivity index (χ1v) is 13.1. The molecule has 0 saturated carbocycles. The topological polar surface area (TPSA) is 92.3 Å². The van der Waals surface area contributed by atoms with Crippen molar-refractivity contribution >= 4 is 37.5 Å². The minimum Gasteiger partial charge on any atom is -0.349 e. The maximum absolute atomic E-state index is 13.0. The summed E-state index contributed by atoms with van der Waals surface area (Å²) >= 11 is 1.40. The number of aryl methyl sites for hydroxylation is 4. The van der Waals surface area contributed by atoms with E-state index in [4.69, 9.17) is 0 Å². The number of amides is 1. The van der Waals surface area contributed by atoms with E-state index in [9.17, 15) is 13.2 Å². The van der Waals surface area contributed by atoms with Crippen LogP contribution in [-0.2, 0) is 16.4 Å². The molecule has 3 heterocycles. The Kier molecular flexibility index (Phi) is 6.33. The van der Waals surface area contributed by atoms with E-state index in [1.54, 1.807) is 12.1 Å². The van der Waals surface area contributed by atoms with Crippen LogP contribution in [0.1, 0.15) is 52.1 Å². The number of piperidine rings is 1. The molecule has 1 N–H and O–H groups in total. The van der Waals surface area contributed by atoms with E-state index < -0.39 is 10.0 Å². The lowest BCUT2D eigenvalue weighted by Crippen LogP contribution is -2.46. The monoisotopic (exact) mass is 472 g/mol. The molecule has 0 atom stereocenters. The van der Waals surface area contributed by atoms with Crippen LogP contribution >= 0.6 is 11.3 Å². The van der Waals surface area contributed by atoms with Crippen LogP contribution in [0.3, 0.4) is 0 Å². The number of rotatable bonds is 5. The number of fused-ring (bicyclic) bond motifs is 1. The molecule has 0 unspecified atom stereocenters. The Hall–Kier alpha value is -2.36. The average Bonchev–Trinajstić information content (AvgIpc) is 3.11. The molecule has 0 spiro atoms. The molecule has 4 rings (SSSR count). The van der Waals surface area contributed by atoms with E-state index in [0.29, 0.717) is 35.7 Å². The molecule has 3 aromatic rings. The van der Waals surface area contributed by atoms with Gasteiger partial charge in [0.25, 0.3) is 5.91 Å². The maximum Gasteiger partial charge on any atom is 0.261 e. The second kappa shape index (κ2) is 8.88. The van der Waals surface area contributed by atoms with Crippen molar-refractivity contribution in [1.82, 2.24) is 19.6 Å². The second-order valence-corrected chi connectivity index (χ2v) is 11.2. The second-order valence-electron chi connectivity index (χ2n) is 8.28. The van der Waals surface area contributed by atoms with E-state index in [1.165, 1.54) is 15.6 Å². The predicted octanol–water partition coefficient (Wildman–Crippen LogP) is 3.76. The van der Waals surface area contributed by atoms with Crippen LogP contribution in [0.4, 0.5) is 0 Å². The van der Waals surface area contributed by atoms with E-state index in [0.717, 1.165) is 39.3 Å². The zero-order chi connectivity index (χ0) is 23.0. The van der Waals surface area contributed by atoms with Gasteiger partial charge in [0.15, 0.2) is 0 Å². The van der Waals surface area contributed by atoms with Gasteiger partial charge in [0.05, 0.1) is 9.77 Å². The van der Waals surface area contributed by atoms with Crippen LogP contribution < -0.4 is 5.32 Å². The number of carbonyl (C=O) groups is 1. The number of thiophene rings is 1. The number of aromatic nitrogens is 2. The SMILES string of the molecule is CCc1nc(C)c2c(C)c(C(=O)NC3CCN(S(=O)(=O)c4ccc(C)cc4)CC3)sc2n1. The summed E-state index contributed by atoms with van der Waals surface area (Å²) < 4.78 is 27.3. The molecule has 0 radical (unpaired) electrons. The maximum atomic E-state index is 13.0. The first-order valence-electron chi connectivity index (χ1n) is 10.8. The molecule has 1 aliphatic rings. The number of nitrogens with zero attached hydrogens (tertiary/aromatic N) is 3. The third kappa shape index (κ3) is 4.29. The van der Waals surface area contributed by atoms with Gasteiger partial charge in [-0.1, -0.05) is 24.6 Å². The van der Waals surface area contributed by atoms with Gasteiger partial charge >= 0.3 is 0 Å². The van der Waals surface area contributed by atoms with Crippen LogP contribution in [-0.4, -0.2) is 47.7 Å². The smallest absolute Gasteiger partial charge is 0.261 e. The number of benzene rings is 1. The first-order chi connectivity index (χ1) is 15.2. The molecular formula is C23H28N4O3S2. The lowest BCUT2D eigenvalue weighted by molar-refractivity contribution is 0.0927. The van der Waals surface area contributed by atoms with Gasteiger partial charge in [-0.25, -0.2) is 18.4 Å². The number of nitrogens with one attached hydrogen (secondary N) is 1. The van der Waals surface area contributed by atoms with Crippen molar-refractivity contribution in [3.05, 3.63) is 51.8 Å². The largest absolute Gasteiger partial charge is 0.349 e. The molecule has 32 heavy (non-hydrogen) atoms. The van der Waals surface area contributed by atoms with Crippen molar-refractivity contribution in [3.63, 3.8) is 0 Å². The number of sulfonamides is 1. The van der Waals surface area contributed by atoms with Crippen molar-refractivity contribution in [2.45, 2.75) is 57.9 Å². The highest BCUT2D eigenvalue weighted by Gasteiger charge is 2.30. The molecule has 0 aliphatic carbocycles. The molecule has 7 nitrogen and oxygen atoms in total. The summed E-state index contributed by atoms with van der Waals surface area (Å²) in [5.41, 5.74) is 2.82. The normalized spacial score (nSPS) is 15.9. The Labute approximate surface area is 192 Å². The summed E-state index contributed by atoms with van der Waals surface area (Å²) in [5.74, 6) is 0.660.